The van der Waals surface area contributed by atoms with Gasteiger partial charge in [-0.1, -0.05) is 6.92 Å². The molecule has 0 aliphatic carbocycles. The Balaban J connectivity index is 2.42. The number of carbonyl (C=O) groups excluding carboxylic acids is 1. The van der Waals surface area contributed by atoms with Crippen molar-refractivity contribution in [2.75, 3.05) is 6.54 Å². The molecule has 4 nitrogen and oxygen atoms in total. The Hall–Kier alpha value is -0.940. The highest BCUT2D eigenvalue weighted by atomic mass is 79.9. The fraction of sp³-hybridized carbons (Fsp3) is 0.500. The minimum absolute atomic E-state index is 0.185. The van der Waals surface area contributed by atoms with Crippen molar-refractivity contribution in [2.24, 2.45) is 5.92 Å². The van der Waals surface area contributed by atoms with Gasteiger partial charge < -0.3 is 10.4 Å². The molecule has 1 aromatic rings. The van der Waals surface area contributed by atoms with Crippen LogP contribution in [0.15, 0.2) is 22.8 Å². The largest absolute Gasteiger partial charge is 0.393 e. The molecule has 94 valence electrons. The summed E-state index contributed by atoms with van der Waals surface area (Å²) in [6.07, 6.45) is 1.93. The second-order valence-corrected chi connectivity index (χ2v) is 5.18. The van der Waals surface area contributed by atoms with Crippen LogP contribution in [0.4, 0.5) is 0 Å². The van der Waals surface area contributed by atoms with Gasteiger partial charge in [-0.15, -0.1) is 0 Å². The lowest BCUT2D eigenvalue weighted by atomic mass is 10.0. The SMILES string of the molecule is CC(O)CC(C)CNC(=O)c1ccc(Br)cn1. The lowest BCUT2D eigenvalue weighted by molar-refractivity contribution is 0.0934. The first kappa shape index (κ1) is 14.1. The quantitative estimate of drug-likeness (QED) is 0.874. The third-order valence-electron chi connectivity index (χ3n) is 2.31. The standard InChI is InChI=1S/C12H17BrN2O2/c1-8(5-9(2)16)6-15-12(17)11-4-3-10(13)7-14-11/h3-4,7-9,16H,5-6H2,1-2H3,(H,15,17). The molecule has 0 fully saturated rings. The maximum Gasteiger partial charge on any atom is 0.269 e. The summed E-state index contributed by atoms with van der Waals surface area (Å²) in [5, 5.41) is 12.0. The van der Waals surface area contributed by atoms with Crippen molar-refractivity contribution < 1.29 is 9.90 Å². The maximum atomic E-state index is 11.7. The van der Waals surface area contributed by atoms with Gasteiger partial charge in [0.25, 0.3) is 5.91 Å². The number of rotatable bonds is 5. The van der Waals surface area contributed by atoms with Gasteiger partial charge >= 0.3 is 0 Å². The number of carbonyl (C=O) groups is 1. The number of nitrogens with one attached hydrogen (secondary N) is 1. The highest BCUT2D eigenvalue weighted by molar-refractivity contribution is 9.10. The summed E-state index contributed by atoms with van der Waals surface area (Å²) in [4.78, 5) is 15.7. The fourth-order valence-electron chi connectivity index (χ4n) is 1.53. The molecule has 0 saturated carbocycles. The molecule has 1 heterocycles. The van der Waals surface area contributed by atoms with Crippen LogP contribution in [-0.2, 0) is 0 Å². The smallest absolute Gasteiger partial charge is 0.269 e. The second kappa shape index (κ2) is 6.71. The lowest BCUT2D eigenvalue weighted by Crippen LogP contribution is -2.30. The van der Waals surface area contributed by atoms with Crippen LogP contribution in [0, 0.1) is 5.92 Å². The Morgan fingerprint density at radius 2 is 2.24 bits per heavy atom. The van der Waals surface area contributed by atoms with Gasteiger partial charge in [0.2, 0.25) is 0 Å². The van der Waals surface area contributed by atoms with Gasteiger partial charge in [0.05, 0.1) is 6.10 Å². The van der Waals surface area contributed by atoms with Gasteiger partial charge in [-0.25, -0.2) is 4.98 Å². The zero-order valence-corrected chi connectivity index (χ0v) is 11.6. The van der Waals surface area contributed by atoms with Crippen molar-refractivity contribution in [2.45, 2.75) is 26.4 Å². The number of hydrogen-bond donors (Lipinski definition) is 2. The van der Waals surface area contributed by atoms with E-state index in [4.69, 9.17) is 0 Å². The highest BCUT2D eigenvalue weighted by Crippen LogP contribution is 2.08. The van der Waals surface area contributed by atoms with Gasteiger partial charge in [-0.05, 0) is 47.3 Å². The number of aromatic nitrogens is 1. The first-order valence-corrected chi connectivity index (χ1v) is 6.36. The molecule has 0 bridgehead atoms. The summed E-state index contributed by atoms with van der Waals surface area (Å²) >= 11 is 3.26. The third kappa shape index (κ3) is 5.28. The van der Waals surface area contributed by atoms with Crippen molar-refractivity contribution in [1.29, 1.82) is 0 Å². The monoisotopic (exact) mass is 300 g/mol. The number of aliphatic hydroxyl groups is 1. The van der Waals surface area contributed by atoms with E-state index in [2.05, 4.69) is 26.2 Å². The topological polar surface area (TPSA) is 62.2 Å². The summed E-state index contributed by atoms with van der Waals surface area (Å²) in [5.74, 6) is 0.0596. The molecule has 0 aromatic carbocycles. The van der Waals surface area contributed by atoms with Crippen LogP contribution in [0.5, 0.6) is 0 Å². The molecule has 0 radical (unpaired) electrons. The molecule has 1 aromatic heterocycles. The molecule has 0 aliphatic heterocycles. The predicted octanol–water partition coefficient (Wildman–Crippen LogP) is 1.98. The van der Waals surface area contributed by atoms with Crippen molar-refractivity contribution in [3.63, 3.8) is 0 Å². The first-order valence-electron chi connectivity index (χ1n) is 5.57. The molecular formula is C12H17BrN2O2. The highest BCUT2D eigenvalue weighted by Gasteiger charge is 2.10. The number of amides is 1. The molecule has 5 heteroatoms. The molecule has 1 amide bonds. The van der Waals surface area contributed by atoms with Crippen LogP contribution < -0.4 is 5.32 Å². The molecule has 17 heavy (non-hydrogen) atoms. The van der Waals surface area contributed by atoms with Crippen LogP contribution in [0.2, 0.25) is 0 Å². The average Bonchev–Trinajstić information content (AvgIpc) is 2.26. The summed E-state index contributed by atoms with van der Waals surface area (Å²) in [6.45, 7) is 4.28. The van der Waals surface area contributed by atoms with Gasteiger partial charge in [-0.3, -0.25) is 4.79 Å². The molecule has 0 aliphatic rings. The average molecular weight is 301 g/mol. The van der Waals surface area contributed by atoms with Gasteiger partial charge in [-0.2, -0.15) is 0 Å². The van der Waals surface area contributed by atoms with Crippen molar-refractivity contribution in [1.82, 2.24) is 10.3 Å². The Morgan fingerprint density at radius 3 is 2.76 bits per heavy atom. The Labute approximate surface area is 110 Å². The van der Waals surface area contributed by atoms with Crippen molar-refractivity contribution in [3.05, 3.63) is 28.5 Å². The van der Waals surface area contributed by atoms with E-state index in [1.165, 1.54) is 0 Å². The molecule has 2 atom stereocenters. The van der Waals surface area contributed by atoms with E-state index in [-0.39, 0.29) is 17.9 Å². The Bertz CT molecular complexity index is 365. The Morgan fingerprint density at radius 1 is 1.53 bits per heavy atom. The van der Waals surface area contributed by atoms with Gasteiger partial charge in [0.1, 0.15) is 5.69 Å². The first-order chi connectivity index (χ1) is 7.99. The minimum Gasteiger partial charge on any atom is -0.393 e. The van der Waals surface area contributed by atoms with E-state index < -0.39 is 0 Å². The number of halogens is 1. The Kier molecular flexibility index (Phi) is 5.58. The molecule has 0 spiro atoms. The van der Waals surface area contributed by atoms with Crippen molar-refractivity contribution in [3.8, 4) is 0 Å². The van der Waals surface area contributed by atoms with Gasteiger partial charge in [0, 0.05) is 17.2 Å². The number of hydrogen-bond acceptors (Lipinski definition) is 3. The normalized spacial score (nSPS) is 14.1. The number of nitrogens with zero attached hydrogens (tertiary/aromatic N) is 1. The zero-order valence-electron chi connectivity index (χ0n) is 9.98. The van der Waals surface area contributed by atoms with Gasteiger partial charge in [0.15, 0.2) is 0 Å². The van der Waals surface area contributed by atoms with E-state index in [1.54, 1.807) is 25.3 Å². The van der Waals surface area contributed by atoms with E-state index in [0.29, 0.717) is 18.7 Å². The summed E-state index contributed by atoms with van der Waals surface area (Å²) < 4.78 is 0.844. The fourth-order valence-corrected chi connectivity index (χ4v) is 1.77. The third-order valence-corrected chi connectivity index (χ3v) is 2.78. The summed E-state index contributed by atoms with van der Waals surface area (Å²) in [6, 6.07) is 3.44. The van der Waals surface area contributed by atoms with E-state index in [1.807, 2.05) is 6.92 Å². The molecule has 2 N–H and O–H groups in total. The van der Waals surface area contributed by atoms with Crippen LogP contribution in [-0.4, -0.2) is 28.6 Å². The number of aliphatic hydroxyl groups excluding tert-OH is 1. The molecule has 2 unspecified atom stereocenters. The maximum absolute atomic E-state index is 11.7. The van der Waals surface area contributed by atoms with Crippen LogP contribution in [0.25, 0.3) is 0 Å². The van der Waals surface area contributed by atoms with Crippen molar-refractivity contribution >= 4 is 21.8 Å². The van der Waals surface area contributed by atoms with Crippen LogP contribution >= 0.6 is 15.9 Å². The number of pyridine rings is 1. The lowest BCUT2D eigenvalue weighted by Gasteiger charge is -2.13. The predicted molar refractivity (Wildman–Crippen MR) is 69.7 cm³/mol. The van der Waals surface area contributed by atoms with E-state index in [9.17, 15) is 9.90 Å². The molecular weight excluding hydrogens is 284 g/mol. The minimum atomic E-state index is -0.340. The molecule has 1 rings (SSSR count). The van der Waals surface area contributed by atoms with E-state index in [0.717, 1.165) is 4.47 Å². The second-order valence-electron chi connectivity index (χ2n) is 4.26. The molecule has 0 saturated heterocycles. The zero-order chi connectivity index (χ0) is 12.8. The van der Waals surface area contributed by atoms with E-state index >= 15 is 0 Å². The van der Waals surface area contributed by atoms with Crippen LogP contribution in [0.1, 0.15) is 30.8 Å². The van der Waals surface area contributed by atoms with Crippen LogP contribution in [0.3, 0.4) is 0 Å². The summed E-state index contributed by atoms with van der Waals surface area (Å²) in [5.41, 5.74) is 0.400. The summed E-state index contributed by atoms with van der Waals surface area (Å²) in [7, 11) is 0.